The average molecular weight is 420 g/mol. The monoisotopic (exact) mass is 419 g/mol. The average Bonchev–Trinajstić information content (AvgIpc) is 2.55. The van der Waals surface area contributed by atoms with Gasteiger partial charge in [-0.15, -0.1) is 0 Å². The number of hydrogen-bond donors (Lipinski definition) is 1. The van der Waals surface area contributed by atoms with E-state index in [1.165, 1.54) is 18.6 Å². The van der Waals surface area contributed by atoms with Gasteiger partial charge in [-0.1, -0.05) is 12.1 Å². The van der Waals surface area contributed by atoms with Gasteiger partial charge in [-0.3, -0.25) is 9.71 Å². The SMILES string of the molecule is Cc1ccc(S(=O)(=O)Nc2cccc(Oc3cnccn3)c2)c(Br)c1. The van der Waals surface area contributed by atoms with Gasteiger partial charge in [-0.25, -0.2) is 13.4 Å². The van der Waals surface area contributed by atoms with E-state index in [4.69, 9.17) is 4.74 Å². The summed E-state index contributed by atoms with van der Waals surface area (Å²) in [6, 6.07) is 11.7. The first-order chi connectivity index (χ1) is 11.9. The molecule has 0 amide bonds. The van der Waals surface area contributed by atoms with Crippen LogP contribution in [0.1, 0.15) is 5.56 Å². The number of benzene rings is 2. The number of nitrogens with zero attached hydrogens (tertiary/aromatic N) is 2. The number of ether oxygens (including phenoxy) is 1. The molecule has 0 bridgehead atoms. The van der Waals surface area contributed by atoms with Gasteiger partial charge in [-0.05, 0) is 52.7 Å². The van der Waals surface area contributed by atoms with Crippen molar-refractivity contribution in [1.82, 2.24) is 9.97 Å². The van der Waals surface area contributed by atoms with E-state index < -0.39 is 10.0 Å². The molecule has 2 aromatic carbocycles. The van der Waals surface area contributed by atoms with Crippen LogP contribution in [0.3, 0.4) is 0 Å². The molecular weight excluding hydrogens is 406 g/mol. The van der Waals surface area contributed by atoms with Gasteiger partial charge in [0, 0.05) is 22.9 Å². The van der Waals surface area contributed by atoms with Crippen LogP contribution >= 0.6 is 15.9 Å². The summed E-state index contributed by atoms with van der Waals surface area (Å²) in [5.74, 6) is 0.771. The minimum absolute atomic E-state index is 0.165. The second kappa shape index (κ2) is 7.20. The molecule has 0 fully saturated rings. The minimum atomic E-state index is -3.73. The Morgan fingerprint density at radius 2 is 1.96 bits per heavy atom. The van der Waals surface area contributed by atoms with Gasteiger partial charge in [0.2, 0.25) is 5.88 Å². The Morgan fingerprint density at radius 3 is 2.68 bits per heavy atom. The lowest BCUT2D eigenvalue weighted by atomic mass is 10.2. The third-order valence-corrected chi connectivity index (χ3v) is 5.58. The molecular formula is C17H14BrN3O3S. The van der Waals surface area contributed by atoms with E-state index in [0.717, 1.165) is 5.56 Å². The van der Waals surface area contributed by atoms with Crippen LogP contribution in [0.2, 0.25) is 0 Å². The molecule has 1 aromatic heterocycles. The Balaban J connectivity index is 1.84. The maximum Gasteiger partial charge on any atom is 0.263 e. The molecule has 0 aliphatic heterocycles. The number of anilines is 1. The fourth-order valence-electron chi connectivity index (χ4n) is 2.12. The quantitative estimate of drug-likeness (QED) is 0.671. The Labute approximate surface area is 154 Å². The lowest BCUT2D eigenvalue weighted by Gasteiger charge is -2.11. The van der Waals surface area contributed by atoms with Crippen LogP contribution in [0.4, 0.5) is 5.69 Å². The summed E-state index contributed by atoms with van der Waals surface area (Å²) in [5, 5.41) is 0. The van der Waals surface area contributed by atoms with Crippen LogP contribution in [0.5, 0.6) is 11.6 Å². The Bertz CT molecular complexity index is 995. The van der Waals surface area contributed by atoms with E-state index in [9.17, 15) is 8.42 Å². The number of nitrogens with one attached hydrogen (secondary N) is 1. The number of sulfonamides is 1. The molecule has 0 saturated carbocycles. The van der Waals surface area contributed by atoms with E-state index in [1.54, 1.807) is 42.5 Å². The lowest BCUT2D eigenvalue weighted by Crippen LogP contribution is -2.13. The Kier molecular flexibility index (Phi) is 5.00. The smallest absolute Gasteiger partial charge is 0.263 e. The zero-order valence-electron chi connectivity index (χ0n) is 13.2. The standard InChI is InChI=1S/C17H14BrN3O3S/c1-12-5-6-16(15(18)9-12)25(22,23)21-13-3-2-4-14(10-13)24-17-11-19-7-8-20-17/h2-11,21H,1H3. The van der Waals surface area contributed by atoms with Gasteiger partial charge in [-0.2, -0.15) is 0 Å². The van der Waals surface area contributed by atoms with Crippen molar-refractivity contribution >= 4 is 31.6 Å². The van der Waals surface area contributed by atoms with E-state index in [1.807, 2.05) is 6.92 Å². The van der Waals surface area contributed by atoms with Crippen molar-refractivity contribution in [3.63, 3.8) is 0 Å². The molecule has 25 heavy (non-hydrogen) atoms. The third-order valence-electron chi connectivity index (χ3n) is 3.23. The van der Waals surface area contributed by atoms with Gasteiger partial charge in [0.1, 0.15) is 10.6 Å². The van der Waals surface area contributed by atoms with Gasteiger partial charge in [0.05, 0.1) is 11.9 Å². The molecule has 0 spiro atoms. The van der Waals surface area contributed by atoms with Crippen LogP contribution in [0.15, 0.2) is 70.4 Å². The predicted molar refractivity (Wildman–Crippen MR) is 98.2 cm³/mol. The summed E-state index contributed by atoms with van der Waals surface area (Å²) < 4.78 is 33.8. The molecule has 6 nitrogen and oxygen atoms in total. The van der Waals surface area contributed by atoms with Crippen LogP contribution in [0, 0.1) is 6.92 Å². The first-order valence-corrected chi connectivity index (χ1v) is 9.54. The molecule has 3 rings (SSSR count). The number of aryl methyl sites for hydroxylation is 1. The van der Waals surface area contributed by atoms with Crippen molar-refractivity contribution in [1.29, 1.82) is 0 Å². The molecule has 0 aliphatic rings. The second-order valence-corrected chi connectivity index (χ2v) is 7.72. The molecule has 0 aliphatic carbocycles. The molecule has 128 valence electrons. The van der Waals surface area contributed by atoms with E-state index >= 15 is 0 Å². The lowest BCUT2D eigenvalue weighted by molar-refractivity contribution is 0.460. The van der Waals surface area contributed by atoms with Crippen LogP contribution < -0.4 is 9.46 Å². The largest absolute Gasteiger partial charge is 0.437 e. The summed E-state index contributed by atoms with van der Waals surface area (Å²) in [6.45, 7) is 1.89. The van der Waals surface area contributed by atoms with Crippen molar-refractivity contribution in [2.75, 3.05) is 4.72 Å². The Hall–Kier alpha value is -2.45. The normalized spacial score (nSPS) is 11.1. The molecule has 3 aromatic rings. The predicted octanol–water partition coefficient (Wildman–Crippen LogP) is 4.14. The third kappa shape index (κ3) is 4.34. The van der Waals surface area contributed by atoms with E-state index in [0.29, 0.717) is 21.8 Å². The minimum Gasteiger partial charge on any atom is -0.437 e. The number of hydrogen-bond acceptors (Lipinski definition) is 5. The molecule has 8 heteroatoms. The Morgan fingerprint density at radius 1 is 1.12 bits per heavy atom. The maximum atomic E-state index is 12.6. The summed E-state index contributed by atoms with van der Waals surface area (Å²) >= 11 is 3.30. The van der Waals surface area contributed by atoms with E-state index in [-0.39, 0.29) is 4.90 Å². The van der Waals surface area contributed by atoms with Crippen molar-refractivity contribution in [2.45, 2.75) is 11.8 Å². The van der Waals surface area contributed by atoms with Gasteiger partial charge < -0.3 is 4.74 Å². The van der Waals surface area contributed by atoms with Gasteiger partial charge >= 0.3 is 0 Å². The summed E-state index contributed by atoms with van der Waals surface area (Å²) in [5.41, 5.74) is 1.35. The van der Waals surface area contributed by atoms with Crippen molar-refractivity contribution < 1.29 is 13.2 Å². The fraction of sp³-hybridized carbons (Fsp3) is 0.0588. The molecule has 0 unspecified atom stereocenters. The highest BCUT2D eigenvalue weighted by Crippen LogP contribution is 2.27. The highest BCUT2D eigenvalue weighted by atomic mass is 79.9. The highest BCUT2D eigenvalue weighted by molar-refractivity contribution is 9.10. The van der Waals surface area contributed by atoms with Gasteiger partial charge in [0.25, 0.3) is 10.0 Å². The molecule has 0 saturated heterocycles. The van der Waals surface area contributed by atoms with Crippen molar-refractivity contribution in [3.8, 4) is 11.6 Å². The zero-order valence-corrected chi connectivity index (χ0v) is 15.6. The first kappa shape index (κ1) is 17.4. The topological polar surface area (TPSA) is 81.2 Å². The summed E-state index contributed by atoms with van der Waals surface area (Å²) in [4.78, 5) is 8.10. The highest BCUT2D eigenvalue weighted by Gasteiger charge is 2.18. The second-order valence-electron chi connectivity index (χ2n) is 5.21. The first-order valence-electron chi connectivity index (χ1n) is 7.27. The number of rotatable bonds is 5. The maximum absolute atomic E-state index is 12.6. The fourth-order valence-corrected chi connectivity index (χ4v) is 4.36. The van der Waals surface area contributed by atoms with Crippen LogP contribution in [-0.4, -0.2) is 18.4 Å². The zero-order chi connectivity index (χ0) is 17.9. The number of aromatic nitrogens is 2. The van der Waals surface area contributed by atoms with E-state index in [2.05, 4.69) is 30.6 Å². The van der Waals surface area contributed by atoms with Crippen molar-refractivity contribution in [2.24, 2.45) is 0 Å². The van der Waals surface area contributed by atoms with Crippen LogP contribution in [-0.2, 0) is 10.0 Å². The summed E-state index contributed by atoms with van der Waals surface area (Å²) in [7, 11) is -3.73. The number of halogens is 1. The summed E-state index contributed by atoms with van der Waals surface area (Å²) in [6.07, 6.45) is 4.52. The van der Waals surface area contributed by atoms with Crippen molar-refractivity contribution in [3.05, 3.63) is 71.1 Å². The molecule has 0 atom stereocenters. The van der Waals surface area contributed by atoms with Crippen LogP contribution in [0.25, 0.3) is 0 Å². The molecule has 1 heterocycles. The molecule has 1 N–H and O–H groups in total. The van der Waals surface area contributed by atoms with Gasteiger partial charge in [0.15, 0.2) is 0 Å². The molecule has 0 radical (unpaired) electrons.